The van der Waals surface area contributed by atoms with Crippen LogP contribution in [0.25, 0.3) is 0 Å². The van der Waals surface area contributed by atoms with Crippen LogP contribution in [0.1, 0.15) is 31.4 Å². The number of methoxy groups -OCH3 is 1. The zero-order valence-corrected chi connectivity index (χ0v) is 14.3. The molecule has 0 spiro atoms. The molecule has 0 fully saturated rings. The van der Waals surface area contributed by atoms with Gasteiger partial charge in [0.2, 0.25) is 0 Å². The SMILES string of the molecule is CCOc1cc(CN[C@H](C)CCc2ccccc2)ccc1OC. The summed E-state index contributed by atoms with van der Waals surface area (Å²) in [5.41, 5.74) is 2.60. The Labute approximate surface area is 139 Å². The number of aryl methyl sites for hydroxylation is 1. The van der Waals surface area contributed by atoms with Crippen molar-refractivity contribution in [2.24, 2.45) is 0 Å². The second-order valence-electron chi connectivity index (χ2n) is 5.72. The highest BCUT2D eigenvalue weighted by Gasteiger charge is 2.07. The molecule has 2 aromatic carbocycles. The molecular weight excluding hydrogens is 286 g/mol. The highest BCUT2D eigenvalue weighted by Crippen LogP contribution is 2.28. The quantitative estimate of drug-likeness (QED) is 0.752. The van der Waals surface area contributed by atoms with E-state index < -0.39 is 0 Å². The summed E-state index contributed by atoms with van der Waals surface area (Å²) in [6, 6.07) is 17.2. The summed E-state index contributed by atoms with van der Waals surface area (Å²) >= 11 is 0. The highest BCUT2D eigenvalue weighted by atomic mass is 16.5. The molecule has 124 valence electrons. The predicted molar refractivity (Wildman–Crippen MR) is 95.2 cm³/mol. The predicted octanol–water partition coefficient (Wildman–Crippen LogP) is 4.20. The molecule has 0 aromatic heterocycles. The van der Waals surface area contributed by atoms with Gasteiger partial charge in [-0.25, -0.2) is 0 Å². The van der Waals surface area contributed by atoms with Crippen molar-refractivity contribution in [3.05, 3.63) is 59.7 Å². The van der Waals surface area contributed by atoms with Crippen LogP contribution >= 0.6 is 0 Å². The fourth-order valence-electron chi connectivity index (χ4n) is 2.52. The largest absolute Gasteiger partial charge is 0.493 e. The van der Waals surface area contributed by atoms with E-state index in [1.54, 1.807) is 7.11 Å². The van der Waals surface area contributed by atoms with Crippen molar-refractivity contribution >= 4 is 0 Å². The van der Waals surface area contributed by atoms with Gasteiger partial charge in [0.15, 0.2) is 11.5 Å². The van der Waals surface area contributed by atoms with E-state index in [1.165, 1.54) is 11.1 Å². The van der Waals surface area contributed by atoms with Gasteiger partial charge in [-0.1, -0.05) is 36.4 Å². The van der Waals surface area contributed by atoms with Crippen LogP contribution < -0.4 is 14.8 Å². The summed E-state index contributed by atoms with van der Waals surface area (Å²) in [5.74, 6) is 1.60. The Kier molecular flexibility index (Phi) is 6.95. The minimum atomic E-state index is 0.466. The number of nitrogens with one attached hydrogen (secondary N) is 1. The minimum Gasteiger partial charge on any atom is -0.493 e. The van der Waals surface area contributed by atoms with Gasteiger partial charge in [0.05, 0.1) is 13.7 Å². The van der Waals surface area contributed by atoms with Gasteiger partial charge >= 0.3 is 0 Å². The average molecular weight is 313 g/mol. The highest BCUT2D eigenvalue weighted by molar-refractivity contribution is 5.42. The lowest BCUT2D eigenvalue weighted by molar-refractivity contribution is 0.310. The van der Waals surface area contributed by atoms with Crippen LogP contribution in [-0.4, -0.2) is 19.8 Å². The standard InChI is InChI=1S/C20H27NO2/c1-4-23-20-14-18(12-13-19(20)22-3)15-21-16(2)10-11-17-8-6-5-7-9-17/h5-9,12-14,16,21H,4,10-11,15H2,1-3H3/t16-/m1/s1. The van der Waals surface area contributed by atoms with E-state index in [0.29, 0.717) is 12.6 Å². The number of benzene rings is 2. The first kappa shape index (κ1) is 17.4. The van der Waals surface area contributed by atoms with Gasteiger partial charge < -0.3 is 14.8 Å². The Balaban J connectivity index is 1.83. The Hall–Kier alpha value is -2.00. The van der Waals surface area contributed by atoms with E-state index >= 15 is 0 Å². The van der Waals surface area contributed by atoms with E-state index in [0.717, 1.165) is 30.9 Å². The minimum absolute atomic E-state index is 0.466. The zero-order valence-electron chi connectivity index (χ0n) is 14.3. The van der Waals surface area contributed by atoms with Crippen molar-refractivity contribution in [1.82, 2.24) is 5.32 Å². The molecule has 1 atom stereocenters. The first-order valence-corrected chi connectivity index (χ1v) is 8.30. The Morgan fingerprint density at radius 2 is 1.78 bits per heavy atom. The molecule has 0 aliphatic heterocycles. The van der Waals surface area contributed by atoms with Crippen LogP contribution in [0.5, 0.6) is 11.5 Å². The number of hydrogen-bond donors (Lipinski definition) is 1. The molecule has 3 heteroatoms. The third-order valence-corrected chi connectivity index (χ3v) is 3.89. The maximum Gasteiger partial charge on any atom is 0.161 e. The van der Waals surface area contributed by atoms with Crippen LogP contribution in [0.2, 0.25) is 0 Å². The second-order valence-corrected chi connectivity index (χ2v) is 5.72. The number of ether oxygens (including phenoxy) is 2. The molecule has 2 aromatic rings. The molecule has 0 radical (unpaired) electrons. The molecule has 1 N–H and O–H groups in total. The van der Waals surface area contributed by atoms with Crippen molar-refractivity contribution in [3.63, 3.8) is 0 Å². The van der Waals surface area contributed by atoms with Crippen LogP contribution in [0.15, 0.2) is 48.5 Å². The lowest BCUT2D eigenvalue weighted by atomic mass is 10.1. The van der Waals surface area contributed by atoms with Crippen molar-refractivity contribution in [2.45, 2.75) is 39.3 Å². The summed E-state index contributed by atoms with van der Waals surface area (Å²) in [6.45, 7) is 5.69. The van der Waals surface area contributed by atoms with E-state index in [9.17, 15) is 0 Å². The van der Waals surface area contributed by atoms with Gasteiger partial charge in [-0.3, -0.25) is 0 Å². The summed E-state index contributed by atoms with van der Waals surface area (Å²) in [5, 5.41) is 3.58. The Morgan fingerprint density at radius 3 is 2.48 bits per heavy atom. The molecule has 0 amide bonds. The third kappa shape index (κ3) is 5.61. The van der Waals surface area contributed by atoms with Gasteiger partial charge in [0.25, 0.3) is 0 Å². The maximum atomic E-state index is 5.63. The van der Waals surface area contributed by atoms with Crippen molar-refractivity contribution in [1.29, 1.82) is 0 Å². The van der Waals surface area contributed by atoms with Gasteiger partial charge in [0, 0.05) is 12.6 Å². The third-order valence-electron chi connectivity index (χ3n) is 3.89. The molecular formula is C20H27NO2. The zero-order chi connectivity index (χ0) is 16.5. The van der Waals surface area contributed by atoms with Gasteiger partial charge in [0.1, 0.15) is 0 Å². The Bertz CT molecular complexity index is 583. The summed E-state index contributed by atoms with van der Waals surface area (Å²) in [7, 11) is 1.67. The molecule has 0 heterocycles. The molecule has 3 nitrogen and oxygen atoms in total. The monoisotopic (exact) mass is 313 g/mol. The first-order chi connectivity index (χ1) is 11.2. The normalized spacial score (nSPS) is 12.0. The fraction of sp³-hybridized carbons (Fsp3) is 0.400. The van der Waals surface area contributed by atoms with Crippen molar-refractivity contribution in [2.75, 3.05) is 13.7 Å². The molecule has 0 unspecified atom stereocenters. The van der Waals surface area contributed by atoms with Crippen molar-refractivity contribution < 1.29 is 9.47 Å². The molecule has 2 rings (SSSR count). The molecule has 0 saturated heterocycles. The van der Waals surface area contributed by atoms with E-state index in [4.69, 9.17) is 9.47 Å². The maximum absolute atomic E-state index is 5.63. The Morgan fingerprint density at radius 1 is 1.00 bits per heavy atom. The number of hydrogen-bond acceptors (Lipinski definition) is 3. The van der Waals surface area contributed by atoms with Crippen LogP contribution in [-0.2, 0) is 13.0 Å². The second kappa shape index (κ2) is 9.21. The van der Waals surface area contributed by atoms with Crippen LogP contribution in [0, 0.1) is 0 Å². The van der Waals surface area contributed by atoms with Crippen molar-refractivity contribution in [3.8, 4) is 11.5 Å². The van der Waals surface area contributed by atoms with E-state index in [2.05, 4.69) is 54.7 Å². The fourth-order valence-corrected chi connectivity index (χ4v) is 2.52. The van der Waals surface area contributed by atoms with Gasteiger partial charge in [-0.2, -0.15) is 0 Å². The smallest absolute Gasteiger partial charge is 0.161 e. The van der Waals surface area contributed by atoms with E-state index in [-0.39, 0.29) is 0 Å². The summed E-state index contributed by atoms with van der Waals surface area (Å²) in [4.78, 5) is 0. The van der Waals surface area contributed by atoms with Gasteiger partial charge in [-0.05, 0) is 49.9 Å². The van der Waals surface area contributed by atoms with Crippen LogP contribution in [0.4, 0.5) is 0 Å². The lowest BCUT2D eigenvalue weighted by Gasteiger charge is -2.15. The molecule has 0 bridgehead atoms. The van der Waals surface area contributed by atoms with Crippen LogP contribution in [0.3, 0.4) is 0 Å². The topological polar surface area (TPSA) is 30.5 Å². The lowest BCUT2D eigenvalue weighted by Crippen LogP contribution is -2.26. The van der Waals surface area contributed by atoms with Gasteiger partial charge in [-0.15, -0.1) is 0 Å². The molecule has 0 aliphatic rings. The number of rotatable bonds is 9. The molecule has 23 heavy (non-hydrogen) atoms. The average Bonchev–Trinajstić information content (AvgIpc) is 2.59. The summed E-state index contributed by atoms with van der Waals surface area (Å²) in [6.07, 6.45) is 2.22. The first-order valence-electron chi connectivity index (χ1n) is 8.30. The molecule has 0 saturated carbocycles. The van der Waals surface area contributed by atoms with E-state index in [1.807, 2.05) is 13.0 Å². The summed E-state index contributed by atoms with van der Waals surface area (Å²) < 4.78 is 10.9. The molecule has 0 aliphatic carbocycles.